The van der Waals surface area contributed by atoms with Crippen molar-refractivity contribution in [1.82, 2.24) is 0 Å². The Labute approximate surface area is 118 Å². The number of hydrogen-bond donors (Lipinski definition) is 0. The molecule has 0 radical (unpaired) electrons. The van der Waals surface area contributed by atoms with Gasteiger partial charge < -0.3 is 0 Å². The zero-order valence-electron chi connectivity index (χ0n) is 10.6. The summed E-state index contributed by atoms with van der Waals surface area (Å²) in [4.78, 5) is 2.60. The second-order valence-electron chi connectivity index (χ2n) is 3.89. The molecule has 2 heteroatoms. The van der Waals surface area contributed by atoms with Crippen LogP contribution in [0.5, 0.6) is 0 Å². The van der Waals surface area contributed by atoms with E-state index in [0.717, 1.165) is 0 Å². The van der Waals surface area contributed by atoms with Gasteiger partial charge >= 0.3 is 0 Å². The summed E-state index contributed by atoms with van der Waals surface area (Å²) in [6.45, 7) is 0. The van der Waals surface area contributed by atoms with Gasteiger partial charge in [-0.05, 0) is 47.9 Å². The summed E-state index contributed by atoms with van der Waals surface area (Å²) in [5.74, 6) is 0. The van der Waals surface area contributed by atoms with E-state index in [-0.39, 0.29) is 0 Å². The van der Waals surface area contributed by atoms with E-state index in [0.29, 0.717) is 0 Å². The molecule has 0 amide bonds. The second-order valence-corrected chi connectivity index (χ2v) is 5.65. The Hall–Kier alpha value is -1.12. The lowest BCUT2D eigenvalue weighted by molar-refractivity contribution is 1.44. The number of hydrogen-bond acceptors (Lipinski definition) is 2. The lowest BCUT2D eigenvalue weighted by Crippen LogP contribution is -1.76. The van der Waals surface area contributed by atoms with E-state index in [1.807, 2.05) is 0 Å². The summed E-state index contributed by atoms with van der Waals surface area (Å²) in [6, 6.07) is 17.2. The standard InChI is InChI=1S/C16H16S2/c1-17-15-7-3-5-13(11-15)9-10-14-6-4-8-16(12-14)18-2/h3-12H,1-2H3/b10-9+. The van der Waals surface area contributed by atoms with Crippen LogP contribution in [0.4, 0.5) is 0 Å². The van der Waals surface area contributed by atoms with Crippen molar-refractivity contribution in [3.05, 3.63) is 59.7 Å². The number of thioether (sulfide) groups is 2. The fraction of sp³-hybridized carbons (Fsp3) is 0.125. The molecule has 0 spiro atoms. The van der Waals surface area contributed by atoms with Crippen molar-refractivity contribution < 1.29 is 0 Å². The second kappa shape index (κ2) is 6.72. The molecule has 0 saturated heterocycles. The van der Waals surface area contributed by atoms with Gasteiger partial charge in [0.2, 0.25) is 0 Å². The third-order valence-electron chi connectivity index (χ3n) is 2.66. The molecule has 0 aliphatic rings. The molecule has 2 rings (SSSR count). The summed E-state index contributed by atoms with van der Waals surface area (Å²) in [5, 5.41) is 0. The third kappa shape index (κ3) is 3.69. The minimum Gasteiger partial charge on any atom is -0.130 e. The van der Waals surface area contributed by atoms with Crippen molar-refractivity contribution in [3.63, 3.8) is 0 Å². The number of rotatable bonds is 4. The lowest BCUT2D eigenvalue weighted by Gasteiger charge is -2.00. The molecule has 0 atom stereocenters. The first kappa shape index (κ1) is 13.3. The van der Waals surface area contributed by atoms with Crippen LogP contribution in [0, 0.1) is 0 Å². The van der Waals surface area contributed by atoms with E-state index < -0.39 is 0 Å². The van der Waals surface area contributed by atoms with Crippen LogP contribution in [0.2, 0.25) is 0 Å². The van der Waals surface area contributed by atoms with Crippen LogP contribution in [0.3, 0.4) is 0 Å². The van der Waals surface area contributed by atoms with Crippen LogP contribution in [-0.2, 0) is 0 Å². The van der Waals surface area contributed by atoms with Gasteiger partial charge in [0.15, 0.2) is 0 Å². The maximum Gasteiger partial charge on any atom is 0.00750 e. The minimum absolute atomic E-state index is 1.25. The van der Waals surface area contributed by atoms with E-state index >= 15 is 0 Å². The Bertz CT molecular complexity index is 495. The highest BCUT2D eigenvalue weighted by atomic mass is 32.2. The normalized spacial score (nSPS) is 11.0. The van der Waals surface area contributed by atoms with Gasteiger partial charge in [0, 0.05) is 9.79 Å². The molecule has 0 heterocycles. The highest BCUT2D eigenvalue weighted by Crippen LogP contribution is 2.19. The molecule has 0 N–H and O–H groups in total. The zero-order chi connectivity index (χ0) is 12.8. The van der Waals surface area contributed by atoms with Gasteiger partial charge in [-0.2, -0.15) is 0 Å². The smallest absolute Gasteiger partial charge is 0.00750 e. The van der Waals surface area contributed by atoms with Gasteiger partial charge in [-0.1, -0.05) is 36.4 Å². The first-order valence-electron chi connectivity index (χ1n) is 5.78. The lowest BCUT2D eigenvalue weighted by atomic mass is 10.1. The predicted octanol–water partition coefficient (Wildman–Crippen LogP) is 5.30. The summed E-state index contributed by atoms with van der Waals surface area (Å²) >= 11 is 3.55. The van der Waals surface area contributed by atoms with Crippen LogP contribution < -0.4 is 0 Å². The molecular formula is C16H16S2. The Morgan fingerprint density at radius 3 is 1.56 bits per heavy atom. The fourth-order valence-electron chi connectivity index (χ4n) is 1.68. The van der Waals surface area contributed by atoms with E-state index in [1.165, 1.54) is 20.9 Å². The van der Waals surface area contributed by atoms with Gasteiger partial charge in [0.1, 0.15) is 0 Å². The van der Waals surface area contributed by atoms with Gasteiger partial charge in [-0.25, -0.2) is 0 Å². The zero-order valence-corrected chi connectivity index (χ0v) is 12.2. The van der Waals surface area contributed by atoms with E-state index in [1.54, 1.807) is 23.5 Å². The molecule has 0 nitrogen and oxygen atoms in total. The van der Waals surface area contributed by atoms with E-state index in [9.17, 15) is 0 Å². The summed E-state index contributed by atoms with van der Waals surface area (Å²) in [7, 11) is 0. The van der Waals surface area contributed by atoms with Crippen LogP contribution in [0.1, 0.15) is 11.1 Å². The van der Waals surface area contributed by atoms with Gasteiger partial charge in [0.25, 0.3) is 0 Å². The van der Waals surface area contributed by atoms with E-state index in [2.05, 4.69) is 73.2 Å². The first-order valence-corrected chi connectivity index (χ1v) is 8.23. The summed E-state index contributed by atoms with van der Waals surface area (Å²) in [6.07, 6.45) is 8.54. The topological polar surface area (TPSA) is 0 Å². The average molecular weight is 272 g/mol. The SMILES string of the molecule is CSc1cccc(/C=C/c2cccc(SC)c2)c1. The maximum atomic E-state index is 2.21. The molecule has 2 aromatic rings. The molecule has 0 saturated carbocycles. The monoisotopic (exact) mass is 272 g/mol. The van der Waals surface area contributed by atoms with Crippen molar-refractivity contribution >= 4 is 35.7 Å². The number of benzene rings is 2. The molecule has 2 aromatic carbocycles. The largest absolute Gasteiger partial charge is 0.130 e. The van der Waals surface area contributed by atoms with Gasteiger partial charge in [0.05, 0.1) is 0 Å². The highest BCUT2D eigenvalue weighted by Gasteiger charge is 1.93. The van der Waals surface area contributed by atoms with Crippen molar-refractivity contribution in [2.45, 2.75) is 9.79 Å². The molecular weight excluding hydrogens is 256 g/mol. The van der Waals surface area contributed by atoms with Crippen molar-refractivity contribution in [3.8, 4) is 0 Å². The van der Waals surface area contributed by atoms with Crippen molar-refractivity contribution in [2.24, 2.45) is 0 Å². The third-order valence-corrected chi connectivity index (χ3v) is 4.11. The Kier molecular flexibility index (Phi) is 4.97. The van der Waals surface area contributed by atoms with Crippen LogP contribution in [-0.4, -0.2) is 12.5 Å². The average Bonchev–Trinajstić information content (AvgIpc) is 2.45. The molecule has 18 heavy (non-hydrogen) atoms. The Morgan fingerprint density at radius 1 is 0.722 bits per heavy atom. The maximum absolute atomic E-state index is 2.21. The Morgan fingerprint density at radius 2 is 1.17 bits per heavy atom. The molecule has 92 valence electrons. The van der Waals surface area contributed by atoms with Crippen molar-refractivity contribution in [2.75, 3.05) is 12.5 Å². The molecule has 0 aliphatic carbocycles. The van der Waals surface area contributed by atoms with E-state index in [4.69, 9.17) is 0 Å². The molecule has 0 fully saturated rings. The first-order chi connectivity index (χ1) is 8.81. The van der Waals surface area contributed by atoms with Crippen LogP contribution in [0.15, 0.2) is 58.3 Å². The molecule has 0 aliphatic heterocycles. The highest BCUT2D eigenvalue weighted by molar-refractivity contribution is 7.98. The Balaban J connectivity index is 2.18. The molecule has 0 aromatic heterocycles. The van der Waals surface area contributed by atoms with Gasteiger partial charge in [-0.3, -0.25) is 0 Å². The van der Waals surface area contributed by atoms with Crippen molar-refractivity contribution in [1.29, 1.82) is 0 Å². The predicted molar refractivity (Wildman–Crippen MR) is 85.4 cm³/mol. The summed E-state index contributed by atoms with van der Waals surface area (Å²) < 4.78 is 0. The van der Waals surface area contributed by atoms with Gasteiger partial charge in [-0.15, -0.1) is 23.5 Å². The van der Waals surface area contributed by atoms with Crippen LogP contribution in [0.25, 0.3) is 12.2 Å². The fourth-order valence-corrected chi connectivity index (χ4v) is 2.62. The molecule has 0 unspecified atom stereocenters. The summed E-state index contributed by atoms with van der Waals surface area (Å²) in [5.41, 5.74) is 2.49. The quantitative estimate of drug-likeness (QED) is 0.547. The molecule has 0 bridgehead atoms. The minimum atomic E-state index is 1.25. The van der Waals surface area contributed by atoms with Crippen LogP contribution >= 0.6 is 23.5 Å².